The third-order valence-corrected chi connectivity index (χ3v) is 8.17. The first-order chi connectivity index (χ1) is 18.4. The van der Waals surface area contributed by atoms with Gasteiger partial charge in [0.2, 0.25) is 0 Å². The van der Waals surface area contributed by atoms with Crippen molar-refractivity contribution in [1.82, 2.24) is 0 Å². The molecule has 4 unspecified atom stereocenters. The van der Waals surface area contributed by atoms with Gasteiger partial charge < -0.3 is 40.7 Å². The fourth-order valence-corrected chi connectivity index (χ4v) is 6.12. The number of Topliss-reactive ketones (excluding diaryl/α,β-unsaturated/α-hetero) is 1. The molecule has 0 aromatic heterocycles. The zero-order chi connectivity index (χ0) is 28.4. The molecule has 1 heterocycles. The highest BCUT2D eigenvalue weighted by atomic mass is 16.7. The molecule has 2 aliphatic carbocycles. The summed E-state index contributed by atoms with van der Waals surface area (Å²) in [5.74, 6) is -2.66. The highest BCUT2D eigenvalue weighted by molar-refractivity contribution is 6.30. The Hall–Kier alpha value is -3.03. The van der Waals surface area contributed by atoms with Gasteiger partial charge >= 0.3 is 0 Å². The second-order valence-corrected chi connectivity index (χ2v) is 10.6. The van der Waals surface area contributed by atoms with E-state index in [4.69, 9.17) is 15.2 Å². The molecule has 39 heavy (non-hydrogen) atoms. The molecule has 6 atom stereocenters. The number of hydrogen-bond acceptors (Lipinski definition) is 11. The van der Waals surface area contributed by atoms with Gasteiger partial charge in [-0.1, -0.05) is 18.2 Å². The number of ether oxygens (including phenoxy) is 2. The molecule has 1 aliphatic heterocycles. The van der Waals surface area contributed by atoms with Crippen LogP contribution in [0.3, 0.4) is 0 Å². The molecular weight excluding hydrogens is 510 g/mol. The van der Waals surface area contributed by atoms with E-state index < -0.39 is 79.0 Å². The number of carbonyl (C=O) groups is 3. The number of aliphatic hydroxyl groups excluding tert-OH is 3. The average Bonchev–Trinajstić information content (AvgIpc) is 2.90. The van der Waals surface area contributed by atoms with E-state index in [-0.39, 0.29) is 46.2 Å². The van der Waals surface area contributed by atoms with Crippen molar-refractivity contribution in [2.45, 2.75) is 76.0 Å². The number of rotatable bonds is 5. The summed E-state index contributed by atoms with van der Waals surface area (Å²) >= 11 is 0. The number of phenols is 1. The molecule has 1 fully saturated rings. The monoisotopic (exact) mass is 541 g/mol. The van der Waals surface area contributed by atoms with E-state index >= 15 is 0 Å². The van der Waals surface area contributed by atoms with Gasteiger partial charge in [-0.3, -0.25) is 14.4 Å². The zero-order valence-electron chi connectivity index (χ0n) is 21.5. The smallest absolute Gasteiger partial charge is 0.198 e. The maximum atomic E-state index is 13.8. The van der Waals surface area contributed by atoms with Crippen LogP contribution >= 0.6 is 0 Å². The Bertz CT molecular complexity index is 1380. The van der Waals surface area contributed by atoms with E-state index in [2.05, 4.69) is 0 Å². The van der Waals surface area contributed by atoms with Crippen LogP contribution in [0, 0.1) is 6.92 Å². The number of ketones is 3. The van der Waals surface area contributed by atoms with Gasteiger partial charge in [-0.05, 0) is 30.5 Å². The number of aliphatic hydroxyl groups is 4. The zero-order valence-corrected chi connectivity index (χ0v) is 21.5. The molecule has 2 aromatic rings. The van der Waals surface area contributed by atoms with Gasteiger partial charge in [0.15, 0.2) is 23.6 Å². The van der Waals surface area contributed by atoms with Crippen LogP contribution in [0.5, 0.6) is 5.75 Å². The summed E-state index contributed by atoms with van der Waals surface area (Å²) in [4.78, 5) is 40.0. The van der Waals surface area contributed by atoms with E-state index in [0.29, 0.717) is 11.1 Å². The van der Waals surface area contributed by atoms with Crippen molar-refractivity contribution in [2.24, 2.45) is 5.73 Å². The fraction of sp³-hybridized carbons (Fsp3) is 0.464. The van der Waals surface area contributed by atoms with Crippen molar-refractivity contribution in [3.8, 4) is 5.75 Å². The van der Waals surface area contributed by atoms with E-state index in [1.165, 1.54) is 18.2 Å². The summed E-state index contributed by atoms with van der Waals surface area (Å²) in [5, 5.41) is 52.3. The van der Waals surface area contributed by atoms with E-state index in [0.717, 1.165) is 0 Å². The minimum Gasteiger partial charge on any atom is -0.507 e. The summed E-state index contributed by atoms with van der Waals surface area (Å²) in [5.41, 5.74) is 4.59. The number of nitrogens with two attached hydrogens (primary N) is 1. The Morgan fingerprint density at radius 3 is 2.54 bits per heavy atom. The van der Waals surface area contributed by atoms with Crippen molar-refractivity contribution in [3.63, 3.8) is 0 Å². The largest absolute Gasteiger partial charge is 0.507 e. The Morgan fingerprint density at radius 2 is 1.90 bits per heavy atom. The first-order valence-corrected chi connectivity index (χ1v) is 12.7. The molecule has 11 nitrogen and oxygen atoms in total. The predicted molar refractivity (Wildman–Crippen MR) is 134 cm³/mol. The van der Waals surface area contributed by atoms with E-state index in [1.54, 1.807) is 13.8 Å². The molecule has 11 heteroatoms. The average molecular weight is 542 g/mol. The van der Waals surface area contributed by atoms with Crippen molar-refractivity contribution in [3.05, 3.63) is 62.7 Å². The molecule has 0 spiro atoms. The van der Waals surface area contributed by atoms with Gasteiger partial charge in [0.1, 0.15) is 18.0 Å². The number of benzene rings is 2. The van der Waals surface area contributed by atoms with Gasteiger partial charge in [0.05, 0.1) is 30.5 Å². The van der Waals surface area contributed by atoms with E-state index in [1.807, 2.05) is 0 Å². The second-order valence-electron chi connectivity index (χ2n) is 10.6. The molecule has 7 N–H and O–H groups in total. The lowest BCUT2D eigenvalue weighted by Crippen LogP contribution is -2.53. The normalized spacial score (nSPS) is 30.0. The quantitative estimate of drug-likeness (QED) is 0.256. The fourth-order valence-electron chi connectivity index (χ4n) is 6.12. The minimum absolute atomic E-state index is 0.0242. The van der Waals surface area contributed by atoms with Crippen LogP contribution in [0.4, 0.5) is 0 Å². The van der Waals surface area contributed by atoms with Gasteiger partial charge in [-0.2, -0.15) is 0 Å². The van der Waals surface area contributed by atoms with Crippen LogP contribution in [0.15, 0.2) is 18.2 Å². The first-order valence-electron chi connectivity index (χ1n) is 12.7. The predicted octanol–water partition coefficient (Wildman–Crippen LogP) is 0.0878. The summed E-state index contributed by atoms with van der Waals surface area (Å²) in [6, 6.07) is 3.82. The van der Waals surface area contributed by atoms with Gasteiger partial charge in [-0.25, -0.2) is 0 Å². The summed E-state index contributed by atoms with van der Waals surface area (Å²) in [6.45, 7) is 1.77. The molecule has 5 rings (SSSR count). The molecule has 1 saturated heterocycles. The third kappa shape index (κ3) is 4.21. The molecule has 208 valence electrons. The Labute approximate surface area is 223 Å². The van der Waals surface area contributed by atoms with Crippen LogP contribution in [0.1, 0.15) is 80.0 Å². The Morgan fingerprint density at radius 1 is 1.18 bits per heavy atom. The topological polar surface area (TPSA) is 197 Å². The molecular formula is C28H31NO10. The maximum absolute atomic E-state index is 13.8. The third-order valence-electron chi connectivity index (χ3n) is 8.17. The Kier molecular flexibility index (Phi) is 6.96. The molecule has 3 aliphatic rings. The Balaban J connectivity index is 1.69. The molecule has 0 amide bonds. The number of fused-ring (bicyclic) bond motifs is 3. The van der Waals surface area contributed by atoms with Gasteiger partial charge in [0, 0.05) is 47.6 Å². The molecule has 0 radical (unpaired) electrons. The standard InChI is InChI=1S/C28H31NO10/c1-11-20-15(26(35)23-21(11)27(36)22-13(9-30)4-3-5-14(22)25(23)34)7-28(37,18(32)10-31)8-17(20)39-19-6-16(29)24(33)12(2)38-19/h3-5,12,16-17,19,24,30-31,33,35,37H,6-10,29H2,1-2H3/t12?,16?,17-,19?,24?,28-/m0/s1. The molecule has 2 aromatic carbocycles. The van der Waals surface area contributed by atoms with Gasteiger partial charge in [-0.15, -0.1) is 0 Å². The van der Waals surface area contributed by atoms with E-state index in [9.17, 15) is 39.9 Å². The summed E-state index contributed by atoms with van der Waals surface area (Å²) in [6.07, 6.45) is -4.34. The highest BCUT2D eigenvalue weighted by Gasteiger charge is 2.49. The van der Waals surface area contributed by atoms with Crippen molar-refractivity contribution >= 4 is 17.3 Å². The van der Waals surface area contributed by atoms with Crippen LogP contribution in [-0.2, 0) is 27.3 Å². The van der Waals surface area contributed by atoms with Crippen molar-refractivity contribution < 1.29 is 49.4 Å². The first kappa shape index (κ1) is 27.5. The summed E-state index contributed by atoms with van der Waals surface area (Å²) < 4.78 is 11.9. The lowest BCUT2D eigenvalue weighted by Gasteiger charge is -2.42. The molecule has 0 bridgehead atoms. The van der Waals surface area contributed by atoms with Gasteiger partial charge in [0.25, 0.3) is 0 Å². The lowest BCUT2D eigenvalue weighted by molar-refractivity contribution is -0.247. The van der Waals surface area contributed by atoms with Crippen LogP contribution in [0.25, 0.3) is 0 Å². The highest BCUT2D eigenvalue weighted by Crippen LogP contribution is 2.49. The number of carbonyl (C=O) groups excluding carboxylic acids is 3. The maximum Gasteiger partial charge on any atom is 0.198 e. The van der Waals surface area contributed by atoms with Crippen LogP contribution < -0.4 is 5.73 Å². The number of hydrogen-bond donors (Lipinski definition) is 6. The number of phenolic OH excluding ortho intramolecular Hbond substituents is 1. The second kappa shape index (κ2) is 9.86. The molecule has 0 saturated carbocycles. The summed E-state index contributed by atoms with van der Waals surface area (Å²) in [7, 11) is 0. The lowest BCUT2D eigenvalue weighted by atomic mass is 9.70. The SMILES string of the molecule is Cc1c2c(c(O)c3c1[C@@H](OC1CC(N)C(O)C(C)O1)C[C@](O)(C(=O)CO)C3)C(=O)c1cccc(CO)c1C2=O. The van der Waals surface area contributed by atoms with Crippen molar-refractivity contribution in [1.29, 1.82) is 0 Å². The van der Waals surface area contributed by atoms with Crippen LogP contribution in [0.2, 0.25) is 0 Å². The minimum atomic E-state index is -2.14. The van der Waals surface area contributed by atoms with Crippen LogP contribution in [-0.4, -0.2) is 79.6 Å². The number of aromatic hydroxyl groups is 1. The van der Waals surface area contributed by atoms with Crippen molar-refractivity contribution in [2.75, 3.05) is 6.61 Å².